The summed E-state index contributed by atoms with van der Waals surface area (Å²) in [6, 6.07) is -0.317. The second-order valence-electron chi connectivity index (χ2n) is 5.61. The van der Waals surface area contributed by atoms with E-state index in [0.717, 1.165) is 31.6 Å². The number of guanidine groups is 1. The molecule has 0 saturated carbocycles. The van der Waals surface area contributed by atoms with Crippen LogP contribution in [0.15, 0.2) is 33.0 Å². The van der Waals surface area contributed by atoms with Gasteiger partial charge in [-0.05, 0) is 12.0 Å². The Morgan fingerprint density at radius 3 is 2.41 bits per heavy atom. The molecule has 2 atom stereocenters. The van der Waals surface area contributed by atoms with Crippen molar-refractivity contribution in [3.63, 3.8) is 0 Å². The molecule has 0 bridgehead atoms. The summed E-state index contributed by atoms with van der Waals surface area (Å²) in [7, 11) is 1.22. The van der Waals surface area contributed by atoms with Crippen molar-refractivity contribution in [2.24, 2.45) is 15.1 Å². The van der Waals surface area contributed by atoms with E-state index in [1.165, 1.54) is 7.11 Å². The lowest BCUT2D eigenvalue weighted by atomic mass is 10.0. The van der Waals surface area contributed by atoms with Gasteiger partial charge in [0.25, 0.3) is 5.82 Å². The summed E-state index contributed by atoms with van der Waals surface area (Å²) >= 11 is 6.28. The maximum absolute atomic E-state index is 14.5. The van der Waals surface area contributed by atoms with Gasteiger partial charge in [0.2, 0.25) is 11.8 Å². The number of quaternary nitrogens is 1. The average molecular weight is 409 g/mol. The SMILES string of the molecule is COc1cc(F)c(C2=C(NC(C)C(F)(F)F)[N+]3(Cl)N=CN=C3N=C2)c(F)c1. The Morgan fingerprint density at radius 2 is 1.85 bits per heavy atom. The number of allylic oxidation sites excluding steroid dienone is 1. The van der Waals surface area contributed by atoms with Crippen molar-refractivity contribution in [3.05, 3.63) is 35.2 Å². The van der Waals surface area contributed by atoms with Crippen LogP contribution in [0.2, 0.25) is 0 Å². The van der Waals surface area contributed by atoms with E-state index >= 15 is 0 Å². The number of halogens is 6. The first-order valence-electron chi connectivity index (χ1n) is 7.44. The Morgan fingerprint density at radius 1 is 1.22 bits per heavy atom. The minimum Gasteiger partial charge on any atom is -0.497 e. The van der Waals surface area contributed by atoms with Gasteiger partial charge in [0.1, 0.15) is 23.4 Å². The average Bonchev–Trinajstić information content (AvgIpc) is 2.96. The number of hydrogen-bond donors (Lipinski definition) is 1. The van der Waals surface area contributed by atoms with Crippen molar-refractivity contribution in [1.29, 1.82) is 0 Å². The third-order valence-electron chi connectivity index (χ3n) is 3.87. The fraction of sp³-hybridized carbons (Fsp3) is 0.267. The van der Waals surface area contributed by atoms with Gasteiger partial charge in [-0.1, -0.05) is 0 Å². The van der Waals surface area contributed by atoms with Gasteiger partial charge in [0.15, 0.2) is 6.34 Å². The Bertz CT molecular complexity index is 887. The fourth-order valence-electron chi connectivity index (χ4n) is 2.45. The second-order valence-corrected chi connectivity index (χ2v) is 6.10. The molecule has 12 heteroatoms. The van der Waals surface area contributed by atoms with E-state index < -0.39 is 39.3 Å². The monoisotopic (exact) mass is 408 g/mol. The van der Waals surface area contributed by atoms with Gasteiger partial charge in [-0.25, -0.2) is 8.78 Å². The Balaban J connectivity index is 2.22. The molecule has 3 rings (SSSR count). The quantitative estimate of drug-likeness (QED) is 0.612. The molecule has 27 heavy (non-hydrogen) atoms. The molecule has 0 aliphatic carbocycles. The number of aliphatic imine (C=N–C) groups is 2. The topological polar surface area (TPSA) is 58.3 Å². The van der Waals surface area contributed by atoms with E-state index in [9.17, 15) is 22.0 Å². The zero-order valence-corrected chi connectivity index (χ0v) is 14.6. The molecule has 0 saturated heterocycles. The van der Waals surface area contributed by atoms with Crippen molar-refractivity contribution in [2.75, 3.05) is 7.11 Å². The predicted molar refractivity (Wildman–Crippen MR) is 89.0 cm³/mol. The summed E-state index contributed by atoms with van der Waals surface area (Å²) in [6.45, 7) is 0.830. The highest BCUT2D eigenvalue weighted by Crippen LogP contribution is 2.38. The van der Waals surface area contributed by atoms with Crippen LogP contribution in [-0.2, 0) is 0 Å². The van der Waals surface area contributed by atoms with Crippen LogP contribution < -0.4 is 10.1 Å². The van der Waals surface area contributed by atoms with Crippen molar-refractivity contribution >= 4 is 35.9 Å². The Hall–Kier alpha value is -2.53. The standard InChI is InChI=1S/C15H12ClF5N5O/c1-7(15(19,20)21)25-13-9(5-22-14-23-6-24-26(13,14)16)12-10(17)3-8(27-2)4-11(12)18/h3-7,25H,1-2H3/q+1. The van der Waals surface area contributed by atoms with Gasteiger partial charge in [-0.2, -0.15) is 23.2 Å². The number of hydrogen-bond acceptors (Lipinski definition) is 5. The zero-order chi connectivity index (χ0) is 20.0. The Labute approximate surface area is 155 Å². The molecule has 6 nitrogen and oxygen atoms in total. The highest BCUT2D eigenvalue weighted by Gasteiger charge is 2.51. The Kier molecular flexibility index (Phi) is 4.68. The molecule has 1 N–H and O–H groups in total. The van der Waals surface area contributed by atoms with Crippen molar-refractivity contribution < 1.29 is 30.8 Å². The van der Waals surface area contributed by atoms with Crippen LogP contribution in [0.3, 0.4) is 0 Å². The van der Waals surface area contributed by atoms with Gasteiger partial charge in [0, 0.05) is 16.2 Å². The van der Waals surface area contributed by atoms with Gasteiger partial charge >= 0.3 is 12.1 Å². The summed E-state index contributed by atoms with van der Waals surface area (Å²) in [6.07, 6.45) is -2.68. The van der Waals surface area contributed by atoms with Crippen LogP contribution in [0.1, 0.15) is 12.5 Å². The molecular weight excluding hydrogens is 397 g/mol. The van der Waals surface area contributed by atoms with E-state index in [-0.39, 0.29) is 17.3 Å². The first kappa shape index (κ1) is 19.2. The molecule has 1 aromatic rings. The highest BCUT2D eigenvalue weighted by molar-refractivity contribution is 6.22. The fourth-order valence-corrected chi connectivity index (χ4v) is 2.71. The van der Waals surface area contributed by atoms with Crippen LogP contribution in [0.25, 0.3) is 5.57 Å². The first-order valence-corrected chi connectivity index (χ1v) is 7.78. The number of fused-ring (bicyclic) bond motifs is 1. The molecule has 0 amide bonds. The van der Waals surface area contributed by atoms with E-state index in [1.54, 1.807) is 0 Å². The molecule has 0 radical (unpaired) electrons. The molecule has 2 aliphatic rings. The molecule has 2 heterocycles. The van der Waals surface area contributed by atoms with E-state index in [1.807, 2.05) is 0 Å². The van der Waals surface area contributed by atoms with E-state index in [4.69, 9.17) is 16.5 Å². The molecule has 1 aromatic carbocycles. The summed E-state index contributed by atoms with van der Waals surface area (Å²) in [5.41, 5.74) is -0.965. The second kappa shape index (κ2) is 6.57. The summed E-state index contributed by atoms with van der Waals surface area (Å²) in [4.78, 5) is 7.62. The number of benzene rings is 1. The minimum absolute atomic E-state index is 0.100. The maximum Gasteiger partial charge on any atom is 0.408 e. The zero-order valence-electron chi connectivity index (χ0n) is 13.9. The molecule has 2 unspecified atom stereocenters. The lowest BCUT2D eigenvalue weighted by molar-refractivity contribution is -0.684. The number of nitrogens with one attached hydrogen (secondary N) is 1. The molecular formula is C15H12ClF5N5O+. The van der Waals surface area contributed by atoms with Crippen LogP contribution in [-0.4, -0.2) is 42.0 Å². The van der Waals surface area contributed by atoms with Crippen LogP contribution in [0.4, 0.5) is 22.0 Å². The van der Waals surface area contributed by atoms with Gasteiger partial charge in [-0.15, -0.1) is 0 Å². The molecule has 0 fully saturated rings. The summed E-state index contributed by atoms with van der Waals surface area (Å²) in [5, 5.41) is 5.92. The third kappa shape index (κ3) is 3.28. The third-order valence-corrected chi connectivity index (χ3v) is 4.28. The number of rotatable bonds is 4. The normalized spacial score (nSPS) is 22.6. The lowest BCUT2D eigenvalue weighted by Crippen LogP contribution is -2.50. The van der Waals surface area contributed by atoms with Crippen molar-refractivity contribution in [3.8, 4) is 5.75 Å². The van der Waals surface area contributed by atoms with Crippen LogP contribution >= 0.6 is 11.8 Å². The summed E-state index contributed by atoms with van der Waals surface area (Å²) in [5.74, 6) is -2.85. The highest BCUT2D eigenvalue weighted by atomic mass is 35.5. The maximum atomic E-state index is 14.5. The predicted octanol–water partition coefficient (Wildman–Crippen LogP) is 3.55. The summed E-state index contributed by atoms with van der Waals surface area (Å²) < 4.78 is 71.8. The van der Waals surface area contributed by atoms with E-state index in [2.05, 4.69) is 20.4 Å². The van der Waals surface area contributed by atoms with Crippen molar-refractivity contribution in [2.45, 2.75) is 19.1 Å². The van der Waals surface area contributed by atoms with Crippen LogP contribution in [0, 0.1) is 11.6 Å². The van der Waals surface area contributed by atoms with Crippen molar-refractivity contribution in [1.82, 2.24) is 5.32 Å². The van der Waals surface area contributed by atoms with Crippen LogP contribution in [0.5, 0.6) is 5.75 Å². The number of ether oxygens (including phenoxy) is 1. The molecule has 0 aromatic heterocycles. The largest absolute Gasteiger partial charge is 0.497 e. The number of methoxy groups -OCH3 is 1. The first-order chi connectivity index (χ1) is 12.6. The minimum atomic E-state index is -4.65. The molecule has 144 valence electrons. The van der Waals surface area contributed by atoms with Gasteiger partial charge < -0.3 is 10.1 Å². The van der Waals surface area contributed by atoms with E-state index in [0.29, 0.717) is 0 Å². The van der Waals surface area contributed by atoms with Gasteiger partial charge in [-0.3, -0.25) is 0 Å². The molecule has 0 spiro atoms. The number of alkyl halides is 3. The lowest BCUT2D eigenvalue weighted by Gasteiger charge is -2.28. The molecule has 2 aliphatic heterocycles. The van der Waals surface area contributed by atoms with Gasteiger partial charge in [0.05, 0.1) is 24.5 Å². The smallest absolute Gasteiger partial charge is 0.408 e. The number of nitrogens with zero attached hydrogens (tertiary/aromatic N) is 4.